The van der Waals surface area contributed by atoms with Crippen LogP contribution in [0.2, 0.25) is 0 Å². The van der Waals surface area contributed by atoms with Gasteiger partial charge < -0.3 is 0 Å². The number of amides is 1. The Morgan fingerprint density at radius 3 is 2.27 bits per heavy atom. The molecule has 5 nitrogen and oxygen atoms in total. The lowest BCUT2D eigenvalue weighted by molar-refractivity contribution is 0.106. The van der Waals surface area contributed by atoms with E-state index in [-0.39, 0.29) is 5.78 Å². The van der Waals surface area contributed by atoms with E-state index in [1.165, 1.54) is 0 Å². The van der Waals surface area contributed by atoms with Gasteiger partial charge in [-0.25, -0.2) is 4.79 Å². The molecule has 0 N–H and O–H groups in total. The van der Waals surface area contributed by atoms with Gasteiger partial charge in [0, 0.05) is 15.4 Å². The number of carbonyl (C=O) groups is 2. The van der Waals surface area contributed by atoms with E-state index in [2.05, 4.69) is 21.7 Å². The van der Waals surface area contributed by atoms with Gasteiger partial charge in [0.1, 0.15) is 6.21 Å². The van der Waals surface area contributed by atoms with Gasteiger partial charge in [-0.2, -0.15) is 4.99 Å². The van der Waals surface area contributed by atoms with Crippen LogP contribution < -0.4 is 0 Å². The van der Waals surface area contributed by atoms with Crippen LogP contribution in [0.3, 0.4) is 0 Å². The minimum atomic E-state index is -0.960. The highest BCUT2D eigenvalue weighted by molar-refractivity contribution is 7.99. The maximum atomic E-state index is 11.8. The maximum absolute atomic E-state index is 11.8. The van der Waals surface area contributed by atoms with Crippen molar-refractivity contribution in [1.29, 1.82) is 0 Å². The number of oxime groups is 1. The minimum Gasteiger partial charge on any atom is -0.296 e. The summed E-state index contributed by atoms with van der Waals surface area (Å²) < 4.78 is 0. The Morgan fingerprint density at radius 2 is 1.64 bits per heavy atom. The first-order valence-corrected chi connectivity index (χ1v) is 7.09. The predicted octanol–water partition coefficient (Wildman–Crippen LogP) is 3.84. The van der Waals surface area contributed by atoms with Crippen LogP contribution in [0.4, 0.5) is 4.79 Å². The highest BCUT2D eigenvalue weighted by Gasteiger charge is 2.04. The van der Waals surface area contributed by atoms with Gasteiger partial charge >= 0.3 is 6.09 Å². The van der Waals surface area contributed by atoms with Crippen molar-refractivity contribution in [1.82, 2.24) is 0 Å². The lowest BCUT2D eigenvalue weighted by atomic mass is 10.1. The molecule has 0 bridgehead atoms. The molecule has 110 valence electrons. The highest BCUT2D eigenvalue weighted by Crippen LogP contribution is 2.27. The van der Waals surface area contributed by atoms with E-state index in [1.807, 2.05) is 42.5 Å². The minimum absolute atomic E-state index is 0.367. The number of Topliss-reactive ketones (excluding diaryl/α,β-unsaturated/α-hetero) is 1. The standard InChI is InChI=1S/C16H12N2O3S/c1-17-16(20)21-18-11-15(19)12-7-9-14(10-8-12)22-13-5-3-2-4-6-13/h2-11H,1H2. The molecule has 6 heteroatoms. The summed E-state index contributed by atoms with van der Waals surface area (Å²) in [7, 11) is 0. The second-order valence-corrected chi connectivity index (χ2v) is 5.20. The summed E-state index contributed by atoms with van der Waals surface area (Å²) in [5.41, 5.74) is 0.448. The second-order valence-electron chi connectivity index (χ2n) is 4.05. The van der Waals surface area contributed by atoms with Gasteiger partial charge in [-0.3, -0.25) is 9.63 Å². The molecule has 0 saturated heterocycles. The molecule has 0 heterocycles. The summed E-state index contributed by atoms with van der Waals surface area (Å²) in [4.78, 5) is 31.8. The number of carbonyl (C=O) groups excluding carboxylic acids is 2. The Balaban J connectivity index is 1.98. The molecule has 0 aliphatic heterocycles. The van der Waals surface area contributed by atoms with Crippen LogP contribution in [-0.2, 0) is 4.84 Å². The summed E-state index contributed by atoms with van der Waals surface area (Å²) in [5, 5.41) is 3.25. The van der Waals surface area contributed by atoms with Crippen molar-refractivity contribution >= 4 is 36.6 Å². The van der Waals surface area contributed by atoms with Crippen molar-refractivity contribution in [2.45, 2.75) is 9.79 Å². The van der Waals surface area contributed by atoms with Crippen molar-refractivity contribution in [3.63, 3.8) is 0 Å². The zero-order valence-corrected chi connectivity index (χ0v) is 12.3. The molecule has 1 amide bonds. The molecule has 22 heavy (non-hydrogen) atoms. The smallest absolute Gasteiger partial charge is 0.296 e. The van der Waals surface area contributed by atoms with Crippen LogP contribution in [0.15, 0.2) is 74.5 Å². The first kappa shape index (κ1) is 15.7. The Labute approximate surface area is 131 Å². The molecular formula is C16H12N2O3S. The predicted molar refractivity (Wildman–Crippen MR) is 85.9 cm³/mol. The van der Waals surface area contributed by atoms with Crippen LogP contribution in [0.1, 0.15) is 10.4 Å². The maximum Gasteiger partial charge on any atom is 0.459 e. The average molecular weight is 312 g/mol. The fraction of sp³-hybridized carbons (Fsp3) is 0. The summed E-state index contributed by atoms with van der Waals surface area (Å²) in [6.45, 7) is 2.97. The molecule has 2 aromatic carbocycles. The van der Waals surface area contributed by atoms with E-state index in [9.17, 15) is 9.59 Å². The summed E-state index contributed by atoms with van der Waals surface area (Å²) in [6.07, 6.45) is -0.0405. The van der Waals surface area contributed by atoms with Crippen LogP contribution in [0.25, 0.3) is 0 Å². The van der Waals surface area contributed by atoms with Crippen LogP contribution in [0.5, 0.6) is 0 Å². The van der Waals surface area contributed by atoms with E-state index in [0.29, 0.717) is 5.56 Å². The van der Waals surface area contributed by atoms with Gasteiger partial charge in [-0.15, -0.1) is 0 Å². The lowest BCUT2D eigenvalue weighted by Crippen LogP contribution is -2.01. The quantitative estimate of drug-likeness (QED) is 0.364. The van der Waals surface area contributed by atoms with Crippen LogP contribution in [0, 0.1) is 0 Å². The zero-order chi connectivity index (χ0) is 15.8. The number of rotatable bonds is 5. The zero-order valence-electron chi connectivity index (χ0n) is 11.5. The molecule has 0 spiro atoms. The third-order valence-electron chi connectivity index (χ3n) is 2.55. The van der Waals surface area contributed by atoms with E-state index < -0.39 is 6.09 Å². The van der Waals surface area contributed by atoms with Crippen LogP contribution in [-0.4, -0.2) is 24.8 Å². The molecule has 2 aromatic rings. The SMILES string of the molecule is C=NC(=O)ON=CC(=O)c1ccc(Sc2ccccc2)cc1. The van der Waals surface area contributed by atoms with E-state index in [0.717, 1.165) is 16.0 Å². The van der Waals surface area contributed by atoms with Crippen molar-refractivity contribution in [3.05, 3.63) is 60.2 Å². The fourth-order valence-corrected chi connectivity index (χ4v) is 2.37. The summed E-state index contributed by atoms with van der Waals surface area (Å²) in [6, 6.07) is 17.0. The Hall–Kier alpha value is -2.73. The molecule has 0 radical (unpaired) electrons. The molecule has 0 unspecified atom stereocenters. The summed E-state index contributed by atoms with van der Waals surface area (Å²) in [5.74, 6) is -0.367. The van der Waals surface area contributed by atoms with E-state index in [1.54, 1.807) is 23.9 Å². The number of hydrogen-bond acceptors (Lipinski definition) is 5. The Bertz CT molecular complexity index is 697. The molecule has 2 rings (SSSR count). The third kappa shape index (κ3) is 4.68. The molecule has 0 saturated carbocycles. The molecular weight excluding hydrogens is 300 g/mol. The Morgan fingerprint density at radius 1 is 1.00 bits per heavy atom. The number of nitrogens with zero attached hydrogens (tertiary/aromatic N) is 2. The van der Waals surface area contributed by atoms with E-state index >= 15 is 0 Å². The Kier molecular flexibility index (Phi) is 5.62. The number of ketones is 1. The van der Waals surface area contributed by atoms with Crippen molar-refractivity contribution in [2.75, 3.05) is 0 Å². The van der Waals surface area contributed by atoms with Gasteiger partial charge in [0.25, 0.3) is 0 Å². The van der Waals surface area contributed by atoms with Gasteiger partial charge in [0.05, 0.1) is 0 Å². The van der Waals surface area contributed by atoms with Gasteiger partial charge in [-0.05, 0) is 43.1 Å². The van der Waals surface area contributed by atoms with Gasteiger partial charge in [0.2, 0.25) is 5.78 Å². The van der Waals surface area contributed by atoms with Crippen molar-refractivity contribution in [3.8, 4) is 0 Å². The van der Waals surface area contributed by atoms with Crippen molar-refractivity contribution in [2.24, 2.45) is 10.1 Å². The fourth-order valence-electron chi connectivity index (χ4n) is 1.53. The molecule has 0 aromatic heterocycles. The van der Waals surface area contributed by atoms with E-state index in [4.69, 9.17) is 0 Å². The highest BCUT2D eigenvalue weighted by atomic mass is 32.2. The number of hydrogen-bond donors (Lipinski definition) is 0. The molecule has 0 aliphatic rings. The molecule has 0 fully saturated rings. The topological polar surface area (TPSA) is 68.1 Å². The third-order valence-corrected chi connectivity index (χ3v) is 3.56. The lowest BCUT2D eigenvalue weighted by Gasteiger charge is -2.02. The molecule has 0 aliphatic carbocycles. The number of aliphatic imine (C=N–C) groups is 1. The number of benzene rings is 2. The molecule has 0 atom stereocenters. The van der Waals surface area contributed by atoms with Crippen LogP contribution >= 0.6 is 11.8 Å². The monoisotopic (exact) mass is 312 g/mol. The first-order chi connectivity index (χ1) is 10.7. The second kappa shape index (κ2) is 7.90. The normalized spacial score (nSPS) is 10.4. The summed E-state index contributed by atoms with van der Waals surface area (Å²) >= 11 is 1.60. The van der Waals surface area contributed by atoms with Gasteiger partial charge in [-0.1, -0.05) is 35.1 Å². The van der Waals surface area contributed by atoms with Gasteiger partial charge in [0.15, 0.2) is 0 Å². The van der Waals surface area contributed by atoms with Crippen molar-refractivity contribution < 1.29 is 14.4 Å². The first-order valence-electron chi connectivity index (χ1n) is 6.27. The average Bonchev–Trinajstić information content (AvgIpc) is 2.56. The largest absolute Gasteiger partial charge is 0.459 e.